The van der Waals surface area contributed by atoms with Gasteiger partial charge >= 0.3 is 11.9 Å². The van der Waals surface area contributed by atoms with Crippen molar-refractivity contribution >= 4 is 35.1 Å². The third-order valence-electron chi connectivity index (χ3n) is 2.65. The predicted molar refractivity (Wildman–Crippen MR) is 86.8 cm³/mol. The maximum absolute atomic E-state index is 11.3. The number of aromatic nitrogens is 2. The highest BCUT2D eigenvalue weighted by molar-refractivity contribution is 6.38. The summed E-state index contributed by atoms with van der Waals surface area (Å²) in [5, 5.41) is 20.0. The van der Waals surface area contributed by atoms with E-state index in [2.05, 4.69) is 9.97 Å². The molecule has 0 aliphatic carbocycles. The fourth-order valence-electron chi connectivity index (χ4n) is 1.68. The third-order valence-corrected chi connectivity index (χ3v) is 2.90. The van der Waals surface area contributed by atoms with Crippen LogP contribution in [0.25, 0.3) is 5.76 Å². The standard InChI is InChI=1S/C10H7ClO4.C6H9N3/c11-7-3-1-6(2-4-7)8(12)5-9(13)10(14)15;1-4-3-5(2)9-6(7)8-4/h1-5,12H,(H,14,15);3H,1-2H3,(H2,7,8,9)/b8-5-;. The van der Waals surface area contributed by atoms with Crippen molar-refractivity contribution in [3.63, 3.8) is 0 Å². The van der Waals surface area contributed by atoms with E-state index in [0.29, 0.717) is 17.0 Å². The van der Waals surface area contributed by atoms with E-state index < -0.39 is 17.5 Å². The lowest BCUT2D eigenvalue weighted by Gasteiger charge is -2.10. The normalized spacial score (nSPS) is 10.5. The molecule has 1 heterocycles. The van der Waals surface area contributed by atoms with Crippen LogP contribution in [-0.4, -0.2) is 21.8 Å². The Morgan fingerprint density at radius 3 is 2.33 bits per heavy atom. The number of aliphatic carboxylic acids is 1. The molecule has 0 amide bonds. The van der Waals surface area contributed by atoms with Gasteiger partial charge in [0.1, 0.15) is 5.69 Å². The number of nitrogens with zero attached hydrogens (tertiary/aromatic N) is 1. The van der Waals surface area contributed by atoms with E-state index >= 15 is 0 Å². The molecule has 1 aromatic carbocycles. The summed E-state index contributed by atoms with van der Waals surface area (Å²) in [6.07, 6.45) is 0.533. The van der Waals surface area contributed by atoms with Gasteiger partial charge in [0.25, 0.3) is 5.78 Å². The van der Waals surface area contributed by atoms with Gasteiger partial charge in [0.05, 0.1) is 5.69 Å². The van der Waals surface area contributed by atoms with Gasteiger partial charge in [0.2, 0.25) is 0 Å². The van der Waals surface area contributed by atoms with Crippen LogP contribution >= 0.6 is 11.6 Å². The first-order valence-corrected chi connectivity index (χ1v) is 7.11. The van der Waals surface area contributed by atoms with Crippen molar-refractivity contribution in [3.8, 4) is 0 Å². The molecule has 0 aliphatic rings. The van der Waals surface area contributed by atoms with Crippen LogP contribution in [0.4, 0.5) is 5.95 Å². The largest absolute Gasteiger partial charge is 0.872 e. The second kappa shape index (κ2) is 8.64. The Morgan fingerprint density at radius 2 is 1.88 bits per heavy atom. The Balaban J connectivity index is 0.000000272. The Kier molecular flexibility index (Phi) is 6.88. The zero-order valence-electron chi connectivity index (χ0n) is 13.0. The van der Waals surface area contributed by atoms with Crippen LogP contribution in [0, 0.1) is 13.8 Å². The molecule has 4 N–H and O–H groups in total. The topological polar surface area (TPSA) is 130 Å². The molecule has 0 atom stereocenters. The molecular formula is C16H16ClN3O4. The van der Waals surface area contributed by atoms with Gasteiger partial charge in [-0.05, 0) is 37.6 Å². The minimum Gasteiger partial charge on any atom is -0.872 e. The number of carbonyl (C=O) groups is 2. The number of benzene rings is 1. The number of halogens is 1. The number of hydrogen-bond donors (Lipinski definition) is 2. The van der Waals surface area contributed by atoms with Gasteiger partial charge in [-0.3, -0.25) is 10.5 Å². The van der Waals surface area contributed by atoms with Crippen molar-refractivity contribution in [1.82, 2.24) is 4.98 Å². The highest BCUT2D eigenvalue weighted by atomic mass is 35.5. The molecule has 0 saturated heterocycles. The smallest absolute Gasteiger partial charge is 0.387 e. The molecule has 8 heteroatoms. The second-order valence-electron chi connectivity index (χ2n) is 4.78. The number of H-pyrrole nitrogens is 1. The number of rotatable bonds is 3. The minimum atomic E-state index is -1.66. The van der Waals surface area contributed by atoms with Gasteiger partial charge in [-0.1, -0.05) is 34.5 Å². The molecule has 0 radical (unpaired) electrons. The van der Waals surface area contributed by atoms with Crippen LogP contribution in [0.3, 0.4) is 0 Å². The summed E-state index contributed by atoms with van der Waals surface area (Å²) in [5.41, 5.74) is 7.60. The van der Waals surface area contributed by atoms with E-state index in [0.717, 1.165) is 11.4 Å². The molecule has 24 heavy (non-hydrogen) atoms. The first-order chi connectivity index (χ1) is 11.2. The lowest BCUT2D eigenvalue weighted by Crippen LogP contribution is -2.16. The van der Waals surface area contributed by atoms with Crippen molar-refractivity contribution in [1.29, 1.82) is 0 Å². The van der Waals surface area contributed by atoms with Crippen molar-refractivity contribution in [2.45, 2.75) is 13.8 Å². The van der Waals surface area contributed by atoms with Crippen LogP contribution in [0.5, 0.6) is 0 Å². The Bertz CT molecular complexity index is 723. The third kappa shape index (κ3) is 6.45. The number of aryl methyl sites for hydroxylation is 2. The van der Waals surface area contributed by atoms with Gasteiger partial charge in [-0.25, -0.2) is 9.78 Å². The summed E-state index contributed by atoms with van der Waals surface area (Å²) in [6.45, 7) is 3.86. The highest BCUT2D eigenvalue weighted by Gasteiger charge is 2.06. The molecule has 0 unspecified atom stereocenters. The van der Waals surface area contributed by atoms with E-state index in [4.69, 9.17) is 22.4 Å². The summed E-state index contributed by atoms with van der Waals surface area (Å²) in [6, 6.07) is 7.73. The summed E-state index contributed by atoms with van der Waals surface area (Å²) >= 11 is 5.59. The number of anilines is 1. The average Bonchev–Trinajstić information content (AvgIpc) is 2.46. The van der Waals surface area contributed by atoms with E-state index in [1.807, 2.05) is 19.9 Å². The molecule has 0 aliphatic heterocycles. The zero-order valence-corrected chi connectivity index (χ0v) is 13.8. The van der Waals surface area contributed by atoms with E-state index in [1.54, 1.807) is 0 Å². The van der Waals surface area contributed by atoms with Crippen LogP contribution in [0.1, 0.15) is 17.0 Å². The molecule has 0 fully saturated rings. The molecule has 0 saturated carbocycles. The Morgan fingerprint density at radius 1 is 1.29 bits per heavy atom. The first-order valence-electron chi connectivity index (χ1n) is 6.74. The number of ketones is 1. The molecular weight excluding hydrogens is 334 g/mol. The monoisotopic (exact) mass is 349 g/mol. The number of nitrogen functional groups attached to an aromatic ring is 1. The minimum absolute atomic E-state index is 0.217. The Labute approximate surface area is 143 Å². The van der Waals surface area contributed by atoms with Crippen molar-refractivity contribution in [2.24, 2.45) is 0 Å². The summed E-state index contributed by atoms with van der Waals surface area (Å²) < 4.78 is 0. The summed E-state index contributed by atoms with van der Waals surface area (Å²) in [4.78, 5) is 27.7. The number of nitrogens with one attached hydrogen (secondary N) is 1. The number of aromatic amines is 1. The average molecular weight is 350 g/mol. The van der Waals surface area contributed by atoms with E-state index in [9.17, 15) is 14.7 Å². The van der Waals surface area contributed by atoms with E-state index in [1.165, 1.54) is 24.3 Å². The quantitative estimate of drug-likeness (QED) is 0.478. The number of hydrogen-bond acceptors (Lipinski definition) is 5. The predicted octanol–water partition coefficient (Wildman–Crippen LogP) is 0.790. The fraction of sp³-hybridized carbons (Fsp3) is 0.125. The maximum Gasteiger partial charge on any atom is 0.387 e. The summed E-state index contributed by atoms with van der Waals surface area (Å²) in [5.74, 6) is -3.07. The van der Waals surface area contributed by atoms with Crippen LogP contribution in [-0.2, 0) is 9.59 Å². The number of carboxylic acid groups (broad SMARTS) is 1. The van der Waals surface area contributed by atoms with Crippen molar-refractivity contribution in [2.75, 3.05) is 5.73 Å². The molecule has 7 nitrogen and oxygen atoms in total. The first kappa shape index (κ1) is 19.1. The van der Waals surface area contributed by atoms with E-state index in [-0.39, 0.29) is 5.56 Å². The number of carbonyl (C=O) groups excluding carboxylic acids is 1. The molecule has 126 valence electrons. The molecule has 2 rings (SSSR count). The second-order valence-corrected chi connectivity index (χ2v) is 5.21. The van der Waals surface area contributed by atoms with Gasteiger partial charge in [0, 0.05) is 11.1 Å². The SMILES string of the molecule is Cc1cc(C)[nH+]c(N)n1.O=C(O)C(=O)/C=C(\[O-])c1ccc(Cl)cc1. The van der Waals surface area contributed by atoms with Crippen LogP contribution in [0.2, 0.25) is 5.02 Å². The lowest BCUT2D eigenvalue weighted by atomic mass is 10.1. The van der Waals surface area contributed by atoms with Gasteiger partial charge in [-0.15, -0.1) is 0 Å². The zero-order chi connectivity index (χ0) is 18.3. The van der Waals surface area contributed by atoms with Crippen LogP contribution < -0.4 is 15.8 Å². The van der Waals surface area contributed by atoms with Crippen molar-refractivity contribution < 1.29 is 24.8 Å². The molecule has 2 aromatic rings. The molecule has 1 aromatic heterocycles. The van der Waals surface area contributed by atoms with Crippen LogP contribution in [0.15, 0.2) is 36.4 Å². The fourth-order valence-corrected chi connectivity index (χ4v) is 1.81. The number of nitrogens with two attached hydrogens (primary N) is 1. The van der Waals surface area contributed by atoms with Gasteiger partial charge < -0.3 is 10.2 Å². The maximum atomic E-state index is 11.3. The highest BCUT2D eigenvalue weighted by Crippen LogP contribution is 2.13. The Hall–Kier alpha value is -2.93. The lowest BCUT2D eigenvalue weighted by molar-refractivity contribution is -0.374. The summed E-state index contributed by atoms with van der Waals surface area (Å²) in [7, 11) is 0. The van der Waals surface area contributed by atoms with Gasteiger partial charge in [-0.2, -0.15) is 0 Å². The molecule has 0 bridgehead atoms. The van der Waals surface area contributed by atoms with Crippen molar-refractivity contribution in [3.05, 3.63) is 58.4 Å². The molecule has 0 spiro atoms. The number of carboxylic acids is 1. The van der Waals surface area contributed by atoms with Gasteiger partial charge in [0.15, 0.2) is 0 Å².